The number of rotatable bonds is 4. The Morgan fingerprint density at radius 1 is 1.00 bits per heavy atom. The van der Waals surface area contributed by atoms with Crippen molar-refractivity contribution in [3.63, 3.8) is 0 Å². The monoisotopic (exact) mass is 465 g/mol. The highest BCUT2D eigenvalue weighted by atomic mass is 32.2. The summed E-state index contributed by atoms with van der Waals surface area (Å²) < 4.78 is 62.8. The number of nitrogens with one attached hydrogen (secondary N) is 1. The van der Waals surface area contributed by atoms with E-state index in [1.165, 1.54) is 18.2 Å². The molecule has 31 heavy (non-hydrogen) atoms. The van der Waals surface area contributed by atoms with E-state index in [1.54, 1.807) is 18.2 Å². The Labute approximate surface area is 178 Å². The molecule has 3 N–H and O–H groups in total. The summed E-state index contributed by atoms with van der Waals surface area (Å²) in [7, 11) is -3.56. The number of hydrogen-bond donors (Lipinski definition) is 2. The molecule has 4 aromatic rings. The van der Waals surface area contributed by atoms with Crippen molar-refractivity contribution in [1.29, 1.82) is 0 Å². The molecule has 0 radical (unpaired) electrons. The molecule has 160 valence electrons. The van der Waals surface area contributed by atoms with E-state index in [9.17, 15) is 21.6 Å². The third kappa shape index (κ3) is 4.30. The number of hydrogen-bond acceptors (Lipinski definition) is 8. The van der Waals surface area contributed by atoms with Crippen molar-refractivity contribution in [2.75, 3.05) is 17.3 Å². The van der Waals surface area contributed by atoms with Crippen LogP contribution in [-0.4, -0.2) is 29.6 Å². The van der Waals surface area contributed by atoms with Crippen LogP contribution < -0.4 is 11.1 Å². The molecule has 0 aliphatic heterocycles. The highest BCUT2D eigenvalue weighted by Crippen LogP contribution is 2.34. The first-order valence-electron chi connectivity index (χ1n) is 8.70. The fourth-order valence-corrected chi connectivity index (χ4v) is 4.49. The summed E-state index contributed by atoms with van der Waals surface area (Å²) >= 11 is 1.08. The molecule has 12 heteroatoms. The smallest absolute Gasteiger partial charge is 0.375 e. The number of fused-ring (bicyclic) bond motifs is 1. The van der Waals surface area contributed by atoms with Crippen LogP contribution in [0.1, 0.15) is 5.56 Å². The molecule has 2 heterocycles. The van der Waals surface area contributed by atoms with Crippen molar-refractivity contribution in [2.24, 2.45) is 0 Å². The molecule has 0 atom stereocenters. The van der Waals surface area contributed by atoms with Crippen molar-refractivity contribution in [3.8, 4) is 11.4 Å². The minimum atomic E-state index is -4.45. The average Bonchev–Trinajstić information content (AvgIpc) is 3.07. The largest absolute Gasteiger partial charge is 0.416 e. The molecule has 0 bridgehead atoms. The Balaban J connectivity index is 1.84. The lowest BCUT2D eigenvalue weighted by Gasteiger charge is -2.11. The summed E-state index contributed by atoms with van der Waals surface area (Å²) in [5, 5.41) is 3.14. The molecule has 0 saturated heterocycles. The van der Waals surface area contributed by atoms with E-state index >= 15 is 0 Å². The second kappa shape index (κ2) is 7.46. The van der Waals surface area contributed by atoms with Crippen molar-refractivity contribution in [3.05, 3.63) is 54.1 Å². The SMILES string of the molecule is CS(=O)(=O)c1ccccc1-c1nc(Nc2ccc(C(F)(F)F)cc2)c2nc(N)sc2n1. The van der Waals surface area contributed by atoms with Crippen LogP contribution in [0.25, 0.3) is 21.7 Å². The summed E-state index contributed by atoms with van der Waals surface area (Å²) in [4.78, 5) is 13.4. The lowest BCUT2D eigenvalue weighted by molar-refractivity contribution is -0.137. The van der Waals surface area contributed by atoms with Gasteiger partial charge in [-0.3, -0.25) is 0 Å². The first-order valence-corrected chi connectivity index (χ1v) is 11.4. The van der Waals surface area contributed by atoms with Gasteiger partial charge in [-0.15, -0.1) is 0 Å². The Hall–Kier alpha value is -3.25. The molecular formula is C19H14F3N5O2S2. The first kappa shape index (κ1) is 21.0. The first-order chi connectivity index (χ1) is 14.5. The summed E-state index contributed by atoms with van der Waals surface area (Å²) in [6, 6.07) is 10.7. The number of sulfone groups is 1. The maximum Gasteiger partial charge on any atom is 0.416 e. The van der Waals surface area contributed by atoms with Crippen LogP contribution in [0.2, 0.25) is 0 Å². The molecule has 0 unspecified atom stereocenters. The van der Waals surface area contributed by atoms with E-state index in [0.717, 1.165) is 29.7 Å². The predicted octanol–water partition coefficient (Wildman–Crippen LogP) is 4.50. The predicted molar refractivity (Wildman–Crippen MR) is 113 cm³/mol. The van der Waals surface area contributed by atoms with E-state index < -0.39 is 21.6 Å². The van der Waals surface area contributed by atoms with Crippen LogP contribution in [0, 0.1) is 0 Å². The molecule has 0 amide bonds. The fourth-order valence-electron chi connectivity index (χ4n) is 2.90. The molecule has 0 aliphatic rings. The zero-order valence-electron chi connectivity index (χ0n) is 15.8. The number of nitrogen functional groups attached to an aromatic ring is 1. The number of alkyl halides is 3. The van der Waals surface area contributed by atoms with Crippen LogP contribution in [0.3, 0.4) is 0 Å². The fraction of sp³-hybridized carbons (Fsp3) is 0.105. The quantitative estimate of drug-likeness (QED) is 0.456. The van der Waals surface area contributed by atoms with Crippen molar-refractivity contribution < 1.29 is 21.6 Å². The standard InChI is InChI=1S/C19H14F3N5O2S2/c1-31(28,29)13-5-3-2-4-12(13)15-26-16(14-17(27-15)30-18(23)25-14)24-11-8-6-10(7-9-11)19(20,21)22/h2-9H,1H3,(H2,23,25)(H,24,26,27). The maximum atomic E-state index is 12.8. The number of benzene rings is 2. The number of aromatic nitrogens is 3. The van der Waals surface area contributed by atoms with Crippen molar-refractivity contribution in [2.45, 2.75) is 11.1 Å². The highest BCUT2D eigenvalue weighted by molar-refractivity contribution is 7.90. The van der Waals surface area contributed by atoms with E-state index in [2.05, 4.69) is 20.3 Å². The van der Waals surface area contributed by atoms with Gasteiger partial charge in [0.05, 0.1) is 10.5 Å². The van der Waals surface area contributed by atoms with Crippen LogP contribution in [0.4, 0.5) is 29.8 Å². The molecular weight excluding hydrogens is 451 g/mol. The third-order valence-electron chi connectivity index (χ3n) is 4.28. The topological polar surface area (TPSA) is 111 Å². The molecule has 0 spiro atoms. The number of thiazole rings is 1. The molecule has 0 saturated carbocycles. The van der Waals surface area contributed by atoms with Crippen molar-refractivity contribution in [1.82, 2.24) is 15.0 Å². The Bertz CT molecular complexity index is 1380. The van der Waals surface area contributed by atoms with Gasteiger partial charge in [-0.05, 0) is 36.4 Å². The van der Waals surface area contributed by atoms with E-state index in [4.69, 9.17) is 5.73 Å². The number of nitrogens with zero attached hydrogens (tertiary/aromatic N) is 3. The second-order valence-corrected chi connectivity index (χ2v) is 9.56. The molecule has 7 nitrogen and oxygen atoms in total. The second-order valence-electron chi connectivity index (χ2n) is 6.57. The maximum absolute atomic E-state index is 12.8. The summed E-state index contributed by atoms with van der Waals surface area (Å²) in [6.07, 6.45) is -3.37. The number of nitrogens with two attached hydrogens (primary N) is 1. The van der Waals surface area contributed by atoms with Gasteiger partial charge in [0.1, 0.15) is 5.52 Å². The van der Waals surface area contributed by atoms with Gasteiger partial charge in [-0.25, -0.2) is 23.4 Å². The van der Waals surface area contributed by atoms with Gasteiger partial charge in [-0.1, -0.05) is 23.5 Å². The highest BCUT2D eigenvalue weighted by Gasteiger charge is 2.30. The number of anilines is 3. The summed E-state index contributed by atoms with van der Waals surface area (Å²) in [5.74, 6) is 0.308. The Morgan fingerprint density at radius 2 is 1.68 bits per heavy atom. The van der Waals surface area contributed by atoms with Crippen molar-refractivity contribution >= 4 is 48.2 Å². The van der Waals surface area contributed by atoms with Gasteiger partial charge >= 0.3 is 6.18 Å². The van der Waals surface area contributed by atoms with E-state index in [0.29, 0.717) is 16.0 Å². The third-order valence-corrected chi connectivity index (χ3v) is 6.21. The van der Waals surface area contributed by atoms with Gasteiger partial charge in [0, 0.05) is 17.5 Å². The zero-order chi connectivity index (χ0) is 22.4. The Morgan fingerprint density at radius 3 is 2.32 bits per heavy atom. The zero-order valence-corrected chi connectivity index (χ0v) is 17.4. The van der Waals surface area contributed by atoms with Crippen LogP contribution in [-0.2, 0) is 16.0 Å². The van der Waals surface area contributed by atoms with E-state index in [1.807, 2.05) is 0 Å². The lowest BCUT2D eigenvalue weighted by Crippen LogP contribution is -2.05. The van der Waals surface area contributed by atoms with Crippen LogP contribution in [0.5, 0.6) is 0 Å². The Kier molecular flexibility index (Phi) is 5.06. The number of halogens is 3. The van der Waals surface area contributed by atoms with Gasteiger partial charge in [0.25, 0.3) is 0 Å². The van der Waals surface area contributed by atoms with Gasteiger partial charge < -0.3 is 11.1 Å². The molecule has 0 aliphatic carbocycles. The van der Waals surface area contributed by atoms with Gasteiger partial charge in [0.15, 0.2) is 31.4 Å². The van der Waals surface area contributed by atoms with Crippen LogP contribution in [0.15, 0.2) is 53.4 Å². The van der Waals surface area contributed by atoms with E-state index in [-0.39, 0.29) is 27.2 Å². The minimum Gasteiger partial charge on any atom is -0.375 e. The summed E-state index contributed by atoms with van der Waals surface area (Å²) in [6.45, 7) is 0. The molecule has 4 rings (SSSR count). The van der Waals surface area contributed by atoms with Crippen LogP contribution >= 0.6 is 11.3 Å². The van der Waals surface area contributed by atoms with Gasteiger partial charge in [-0.2, -0.15) is 13.2 Å². The summed E-state index contributed by atoms with van der Waals surface area (Å²) in [5.41, 5.74) is 5.96. The molecule has 0 fully saturated rings. The normalized spacial score (nSPS) is 12.3. The average molecular weight is 465 g/mol. The molecule has 2 aromatic heterocycles. The molecule has 2 aromatic carbocycles. The lowest BCUT2D eigenvalue weighted by atomic mass is 10.2. The minimum absolute atomic E-state index is 0.0484. The van der Waals surface area contributed by atoms with Gasteiger partial charge in [0.2, 0.25) is 0 Å².